The number of benzene rings is 1. The van der Waals surface area contributed by atoms with E-state index in [1.54, 1.807) is 19.1 Å². The number of anilines is 1. The Labute approximate surface area is 118 Å². The number of carbonyl (C=O) groups excluding carboxylic acids is 1. The van der Waals surface area contributed by atoms with Crippen LogP contribution in [0.5, 0.6) is 0 Å². The normalized spacial score (nSPS) is 15.1. The van der Waals surface area contributed by atoms with Crippen molar-refractivity contribution in [3.8, 4) is 0 Å². The third kappa shape index (κ3) is 3.94. The molecule has 0 bridgehead atoms. The maximum absolute atomic E-state index is 12.1. The molecular formula is C13H19N3O3S. The molecule has 6 nitrogen and oxygen atoms in total. The fraction of sp³-hybridized carbons (Fsp3) is 0.462. The lowest BCUT2D eigenvalue weighted by molar-refractivity contribution is -0.121. The van der Waals surface area contributed by atoms with Gasteiger partial charge in [-0.15, -0.1) is 0 Å². The second kappa shape index (κ2) is 5.80. The van der Waals surface area contributed by atoms with Crippen molar-refractivity contribution < 1.29 is 13.2 Å². The van der Waals surface area contributed by atoms with Crippen molar-refractivity contribution in [2.75, 3.05) is 12.3 Å². The van der Waals surface area contributed by atoms with Gasteiger partial charge in [0.05, 0.1) is 4.90 Å². The molecule has 0 atom stereocenters. The Kier molecular flexibility index (Phi) is 4.29. The van der Waals surface area contributed by atoms with Gasteiger partial charge >= 0.3 is 0 Å². The van der Waals surface area contributed by atoms with E-state index in [1.165, 1.54) is 6.07 Å². The topological polar surface area (TPSA) is 101 Å². The highest BCUT2D eigenvalue weighted by Crippen LogP contribution is 2.19. The summed E-state index contributed by atoms with van der Waals surface area (Å²) in [6.07, 6.45) is 2.17. The maximum Gasteiger partial charge on any atom is 0.240 e. The standard InChI is InChI=1S/C13H19N3O3S/c1-9-8-10(14)2-5-12(9)20(18,19)15-7-6-13(17)16-11-3-4-11/h2,5,8,11,15H,3-4,6-7,14H2,1H3,(H,16,17). The molecule has 0 heterocycles. The highest BCUT2D eigenvalue weighted by Gasteiger charge is 2.23. The van der Waals surface area contributed by atoms with Crippen LogP contribution in [-0.4, -0.2) is 26.9 Å². The summed E-state index contributed by atoms with van der Waals surface area (Å²) in [4.78, 5) is 11.7. The molecule has 1 saturated carbocycles. The Bertz CT molecular complexity index is 609. The Morgan fingerprint density at radius 2 is 2.10 bits per heavy atom. The summed E-state index contributed by atoms with van der Waals surface area (Å²) in [5.41, 5.74) is 6.70. The largest absolute Gasteiger partial charge is 0.399 e. The lowest BCUT2D eigenvalue weighted by Gasteiger charge is -2.10. The molecule has 110 valence electrons. The molecule has 2 rings (SSSR count). The third-order valence-electron chi connectivity index (χ3n) is 3.08. The van der Waals surface area contributed by atoms with Crippen LogP contribution in [-0.2, 0) is 14.8 Å². The van der Waals surface area contributed by atoms with Crippen molar-refractivity contribution >= 4 is 21.6 Å². The monoisotopic (exact) mass is 297 g/mol. The van der Waals surface area contributed by atoms with Gasteiger partial charge in [-0.2, -0.15) is 0 Å². The summed E-state index contributed by atoms with van der Waals surface area (Å²) in [6.45, 7) is 1.77. The summed E-state index contributed by atoms with van der Waals surface area (Å²) in [5.74, 6) is -0.121. The highest BCUT2D eigenvalue weighted by molar-refractivity contribution is 7.89. The zero-order valence-electron chi connectivity index (χ0n) is 11.3. The molecule has 1 aromatic rings. The van der Waals surface area contributed by atoms with Crippen LogP contribution in [0.4, 0.5) is 5.69 Å². The zero-order valence-corrected chi connectivity index (χ0v) is 12.2. The van der Waals surface area contributed by atoms with E-state index in [4.69, 9.17) is 5.73 Å². The first-order valence-electron chi connectivity index (χ1n) is 6.53. The van der Waals surface area contributed by atoms with Crippen molar-refractivity contribution in [1.82, 2.24) is 10.0 Å². The zero-order chi connectivity index (χ0) is 14.8. The van der Waals surface area contributed by atoms with Crippen LogP contribution in [0.3, 0.4) is 0 Å². The van der Waals surface area contributed by atoms with Crippen molar-refractivity contribution in [2.24, 2.45) is 0 Å². The van der Waals surface area contributed by atoms with Crippen LogP contribution in [0.1, 0.15) is 24.8 Å². The van der Waals surface area contributed by atoms with Crippen LogP contribution in [0.25, 0.3) is 0 Å². The predicted octanol–water partition coefficient (Wildman–Crippen LogP) is 0.524. The van der Waals surface area contributed by atoms with Gasteiger partial charge in [0.1, 0.15) is 0 Å². The van der Waals surface area contributed by atoms with Crippen LogP contribution < -0.4 is 15.8 Å². The van der Waals surface area contributed by atoms with Gasteiger partial charge in [0.25, 0.3) is 0 Å². The van der Waals surface area contributed by atoms with Gasteiger partial charge in [-0.3, -0.25) is 4.79 Å². The summed E-state index contributed by atoms with van der Waals surface area (Å²) < 4.78 is 26.6. The molecule has 0 unspecified atom stereocenters. The van der Waals surface area contributed by atoms with Gasteiger partial charge in [-0.05, 0) is 43.5 Å². The first-order chi connectivity index (χ1) is 9.38. The second-order valence-electron chi connectivity index (χ2n) is 5.01. The predicted molar refractivity (Wildman–Crippen MR) is 76.6 cm³/mol. The van der Waals surface area contributed by atoms with Gasteiger partial charge in [-0.1, -0.05) is 0 Å². The van der Waals surface area contributed by atoms with Crippen LogP contribution in [0, 0.1) is 6.92 Å². The molecule has 1 amide bonds. The molecule has 1 fully saturated rings. The lowest BCUT2D eigenvalue weighted by atomic mass is 10.2. The molecule has 0 aliphatic heterocycles. The van der Waals surface area contributed by atoms with Crippen LogP contribution in [0.15, 0.2) is 23.1 Å². The Hall–Kier alpha value is -1.60. The van der Waals surface area contributed by atoms with E-state index >= 15 is 0 Å². The number of nitrogen functional groups attached to an aromatic ring is 1. The number of carbonyl (C=O) groups is 1. The molecule has 1 aromatic carbocycles. The fourth-order valence-corrected chi connectivity index (χ4v) is 3.13. The van der Waals surface area contributed by atoms with Gasteiger partial charge in [0, 0.05) is 24.7 Å². The van der Waals surface area contributed by atoms with E-state index < -0.39 is 10.0 Å². The van der Waals surface area contributed by atoms with Crippen LogP contribution >= 0.6 is 0 Å². The number of rotatable bonds is 6. The summed E-state index contributed by atoms with van der Waals surface area (Å²) in [7, 11) is -3.60. The number of amides is 1. The average molecular weight is 297 g/mol. The number of hydrogen-bond donors (Lipinski definition) is 3. The molecule has 20 heavy (non-hydrogen) atoms. The number of nitrogens with one attached hydrogen (secondary N) is 2. The van der Waals surface area contributed by atoms with Crippen molar-refractivity contribution in [3.63, 3.8) is 0 Å². The minimum Gasteiger partial charge on any atom is -0.399 e. The van der Waals surface area contributed by atoms with Gasteiger partial charge in [-0.25, -0.2) is 13.1 Å². The minimum atomic E-state index is -3.60. The van der Waals surface area contributed by atoms with E-state index in [2.05, 4.69) is 10.0 Å². The Morgan fingerprint density at radius 3 is 2.70 bits per heavy atom. The molecule has 1 aliphatic carbocycles. The third-order valence-corrected chi connectivity index (χ3v) is 4.70. The molecule has 0 spiro atoms. The van der Waals surface area contributed by atoms with E-state index in [0.29, 0.717) is 17.3 Å². The molecule has 7 heteroatoms. The molecule has 0 radical (unpaired) electrons. The summed E-state index contributed by atoms with van der Waals surface area (Å²) >= 11 is 0. The van der Waals surface area contributed by atoms with E-state index in [1.807, 2.05) is 0 Å². The van der Waals surface area contributed by atoms with Gasteiger partial charge in [0.2, 0.25) is 15.9 Å². The second-order valence-corrected chi connectivity index (χ2v) is 6.75. The molecular weight excluding hydrogens is 278 g/mol. The number of sulfonamides is 1. The quantitative estimate of drug-likeness (QED) is 0.666. The van der Waals surface area contributed by atoms with E-state index in [-0.39, 0.29) is 23.8 Å². The maximum atomic E-state index is 12.1. The molecule has 0 saturated heterocycles. The van der Waals surface area contributed by atoms with E-state index in [9.17, 15) is 13.2 Å². The SMILES string of the molecule is Cc1cc(N)ccc1S(=O)(=O)NCCC(=O)NC1CC1. The smallest absolute Gasteiger partial charge is 0.240 e. The van der Waals surface area contributed by atoms with E-state index in [0.717, 1.165) is 12.8 Å². The Balaban J connectivity index is 1.91. The van der Waals surface area contributed by atoms with Crippen molar-refractivity contribution in [1.29, 1.82) is 0 Å². The number of nitrogens with two attached hydrogens (primary N) is 1. The van der Waals surface area contributed by atoms with Gasteiger partial charge < -0.3 is 11.1 Å². The average Bonchev–Trinajstić information content (AvgIpc) is 3.11. The first kappa shape index (κ1) is 14.8. The highest BCUT2D eigenvalue weighted by atomic mass is 32.2. The first-order valence-corrected chi connectivity index (χ1v) is 8.02. The van der Waals surface area contributed by atoms with Gasteiger partial charge in [0.15, 0.2) is 0 Å². The number of hydrogen-bond acceptors (Lipinski definition) is 4. The Morgan fingerprint density at radius 1 is 1.40 bits per heavy atom. The molecule has 4 N–H and O–H groups in total. The lowest BCUT2D eigenvalue weighted by Crippen LogP contribution is -2.32. The summed E-state index contributed by atoms with van der Waals surface area (Å²) in [5, 5.41) is 2.81. The number of aryl methyl sites for hydroxylation is 1. The summed E-state index contributed by atoms with van der Waals surface area (Å²) in [6, 6.07) is 4.91. The molecule has 0 aromatic heterocycles. The fourth-order valence-electron chi connectivity index (χ4n) is 1.88. The van der Waals surface area contributed by atoms with Crippen molar-refractivity contribution in [3.05, 3.63) is 23.8 Å². The van der Waals surface area contributed by atoms with Crippen LogP contribution in [0.2, 0.25) is 0 Å². The minimum absolute atomic E-state index is 0.0880. The van der Waals surface area contributed by atoms with Crippen molar-refractivity contribution in [2.45, 2.75) is 37.1 Å². The molecule has 1 aliphatic rings.